The lowest BCUT2D eigenvalue weighted by Crippen LogP contribution is -2.25. The van der Waals surface area contributed by atoms with E-state index in [1.165, 1.54) is 55.8 Å². The molecule has 0 bridgehead atoms. The maximum Gasteiger partial charge on any atom is 0.106 e. The van der Waals surface area contributed by atoms with E-state index in [4.69, 9.17) is 0 Å². The maximum atomic E-state index is 4.68. The summed E-state index contributed by atoms with van der Waals surface area (Å²) in [7, 11) is 2.06. The molecule has 116 valence electrons. The Labute approximate surface area is 131 Å². The molecule has 2 rings (SSSR count). The Hall–Kier alpha value is -1.23. The monoisotopic (exact) mass is 306 g/mol. The molecule has 0 spiro atoms. The molecule has 0 N–H and O–H groups in total. The van der Waals surface area contributed by atoms with Crippen molar-refractivity contribution in [3.8, 4) is 10.6 Å². The van der Waals surface area contributed by atoms with Crippen LogP contribution >= 0.6 is 11.5 Å². The summed E-state index contributed by atoms with van der Waals surface area (Å²) < 4.78 is 5.99. The number of hydrogen-bond acceptors (Lipinski definition) is 4. The summed E-state index contributed by atoms with van der Waals surface area (Å²) in [5, 5.41) is 8.59. The van der Waals surface area contributed by atoms with Gasteiger partial charge >= 0.3 is 0 Å². The molecular formula is C16H26N4S. The van der Waals surface area contributed by atoms with Crippen molar-refractivity contribution in [1.82, 2.24) is 19.4 Å². The van der Waals surface area contributed by atoms with Crippen molar-refractivity contribution in [3.05, 3.63) is 18.0 Å². The van der Waals surface area contributed by atoms with Gasteiger partial charge in [-0.3, -0.25) is 4.68 Å². The van der Waals surface area contributed by atoms with Crippen LogP contribution in [-0.2, 0) is 12.5 Å². The average molecular weight is 306 g/mol. The van der Waals surface area contributed by atoms with Crippen LogP contribution in [0.2, 0.25) is 0 Å². The quantitative estimate of drug-likeness (QED) is 0.671. The first-order valence-corrected chi connectivity index (χ1v) is 8.70. The Morgan fingerprint density at radius 3 is 2.62 bits per heavy atom. The van der Waals surface area contributed by atoms with Gasteiger partial charge in [0, 0.05) is 18.2 Å². The molecule has 0 fully saturated rings. The molecule has 0 saturated heterocycles. The highest BCUT2D eigenvalue weighted by Crippen LogP contribution is 2.36. The van der Waals surface area contributed by atoms with Crippen LogP contribution in [0.25, 0.3) is 10.6 Å². The summed E-state index contributed by atoms with van der Waals surface area (Å²) in [6, 6.07) is 2.23. The molecule has 0 aliphatic carbocycles. The highest BCUT2D eigenvalue weighted by Gasteiger charge is 2.29. The Morgan fingerprint density at radius 1 is 1.19 bits per heavy atom. The van der Waals surface area contributed by atoms with Crippen LogP contribution in [0, 0.1) is 0 Å². The number of rotatable bonds is 8. The first kappa shape index (κ1) is 16.1. The van der Waals surface area contributed by atoms with E-state index in [0.29, 0.717) is 0 Å². The van der Waals surface area contributed by atoms with Gasteiger partial charge in [-0.15, -0.1) is 5.10 Å². The van der Waals surface area contributed by atoms with Gasteiger partial charge in [0.05, 0.1) is 11.1 Å². The Balaban J connectivity index is 2.27. The van der Waals surface area contributed by atoms with Crippen LogP contribution in [0.1, 0.15) is 65.0 Å². The summed E-state index contributed by atoms with van der Waals surface area (Å²) in [6.45, 7) is 6.91. The number of hydrogen-bond donors (Lipinski definition) is 0. The highest BCUT2D eigenvalue weighted by atomic mass is 32.1. The van der Waals surface area contributed by atoms with E-state index in [0.717, 1.165) is 10.6 Å². The molecule has 2 heterocycles. The van der Waals surface area contributed by atoms with Crippen molar-refractivity contribution in [2.24, 2.45) is 7.05 Å². The minimum atomic E-state index is 0.210. The fraction of sp³-hybridized carbons (Fsp3) is 0.688. The molecule has 21 heavy (non-hydrogen) atoms. The van der Waals surface area contributed by atoms with Crippen LogP contribution in [0.4, 0.5) is 0 Å². The summed E-state index contributed by atoms with van der Waals surface area (Å²) in [5.74, 6) is 0. The van der Waals surface area contributed by atoms with E-state index in [2.05, 4.69) is 53.3 Å². The Kier molecular flexibility index (Phi) is 5.51. The number of unbranched alkanes of at least 4 members (excludes halogenated alkanes) is 2. The van der Waals surface area contributed by atoms with Crippen LogP contribution in [0.5, 0.6) is 0 Å². The standard InChI is InChI=1S/C16H26N4S/c1-5-7-8-10-16(3,9-6-2)15-11-13(18-20(15)4)14-12-17-19-21-14/h11-12H,5-10H2,1-4H3. The van der Waals surface area contributed by atoms with Crippen molar-refractivity contribution in [1.29, 1.82) is 0 Å². The molecule has 0 amide bonds. The second kappa shape index (κ2) is 7.16. The minimum Gasteiger partial charge on any atom is -0.271 e. The van der Waals surface area contributed by atoms with Crippen molar-refractivity contribution < 1.29 is 0 Å². The van der Waals surface area contributed by atoms with Crippen LogP contribution in [0.15, 0.2) is 12.3 Å². The molecule has 1 unspecified atom stereocenters. The number of aromatic nitrogens is 4. The molecular weight excluding hydrogens is 280 g/mol. The van der Waals surface area contributed by atoms with E-state index in [9.17, 15) is 0 Å². The first-order chi connectivity index (χ1) is 10.1. The van der Waals surface area contributed by atoms with Gasteiger partial charge < -0.3 is 0 Å². The van der Waals surface area contributed by atoms with Crippen molar-refractivity contribution in [2.45, 2.75) is 64.7 Å². The molecule has 0 aliphatic rings. The van der Waals surface area contributed by atoms with E-state index in [-0.39, 0.29) is 5.41 Å². The third kappa shape index (κ3) is 3.70. The zero-order valence-electron chi connectivity index (χ0n) is 13.6. The Bertz CT molecular complexity index is 547. The van der Waals surface area contributed by atoms with Crippen LogP contribution in [-0.4, -0.2) is 19.4 Å². The molecule has 2 aromatic rings. The number of aryl methyl sites for hydroxylation is 1. The predicted molar refractivity (Wildman–Crippen MR) is 88.5 cm³/mol. The third-order valence-corrected chi connectivity index (χ3v) is 4.93. The molecule has 0 saturated carbocycles. The third-order valence-electron chi connectivity index (χ3n) is 4.25. The van der Waals surface area contributed by atoms with E-state index in [1.807, 2.05) is 0 Å². The largest absolute Gasteiger partial charge is 0.271 e. The molecule has 5 heteroatoms. The van der Waals surface area contributed by atoms with Gasteiger partial charge in [0.25, 0.3) is 0 Å². The van der Waals surface area contributed by atoms with Gasteiger partial charge in [0.2, 0.25) is 0 Å². The summed E-state index contributed by atoms with van der Waals surface area (Å²) >= 11 is 1.41. The van der Waals surface area contributed by atoms with Gasteiger partial charge in [-0.05, 0) is 30.4 Å². The van der Waals surface area contributed by atoms with Gasteiger partial charge in [-0.1, -0.05) is 50.9 Å². The Morgan fingerprint density at radius 2 is 2.00 bits per heavy atom. The van der Waals surface area contributed by atoms with Gasteiger partial charge in [-0.25, -0.2) is 0 Å². The minimum absolute atomic E-state index is 0.210. The highest BCUT2D eigenvalue weighted by molar-refractivity contribution is 7.09. The molecule has 0 aromatic carbocycles. The van der Waals surface area contributed by atoms with Gasteiger partial charge in [0.1, 0.15) is 5.69 Å². The van der Waals surface area contributed by atoms with E-state index >= 15 is 0 Å². The van der Waals surface area contributed by atoms with Gasteiger partial charge in [0.15, 0.2) is 0 Å². The second-order valence-corrected chi connectivity index (χ2v) is 6.87. The molecule has 4 nitrogen and oxygen atoms in total. The lowest BCUT2D eigenvalue weighted by Gasteiger charge is -2.29. The molecule has 0 radical (unpaired) electrons. The average Bonchev–Trinajstić information content (AvgIpc) is 3.08. The number of nitrogens with zero attached hydrogens (tertiary/aromatic N) is 4. The van der Waals surface area contributed by atoms with Crippen molar-refractivity contribution >= 4 is 11.5 Å². The lowest BCUT2D eigenvalue weighted by atomic mass is 9.77. The van der Waals surface area contributed by atoms with Gasteiger partial charge in [-0.2, -0.15) is 5.10 Å². The summed E-state index contributed by atoms with van der Waals surface area (Å²) in [6.07, 6.45) is 9.30. The fourth-order valence-electron chi connectivity index (χ4n) is 3.13. The SMILES string of the molecule is CCCCCC(C)(CCC)c1cc(-c2cnns2)nn1C. The summed E-state index contributed by atoms with van der Waals surface area (Å²) in [4.78, 5) is 1.05. The van der Waals surface area contributed by atoms with Crippen LogP contribution < -0.4 is 0 Å². The zero-order chi connectivity index (χ0) is 15.3. The van der Waals surface area contributed by atoms with E-state index < -0.39 is 0 Å². The molecule has 1 atom stereocenters. The fourth-order valence-corrected chi connectivity index (χ4v) is 3.60. The van der Waals surface area contributed by atoms with Crippen LogP contribution in [0.3, 0.4) is 0 Å². The zero-order valence-corrected chi connectivity index (χ0v) is 14.4. The lowest BCUT2D eigenvalue weighted by molar-refractivity contribution is 0.355. The van der Waals surface area contributed by atoms with Crippen molar-refractivity contribution in [3.63, 3.8) is 0 Å². The van der Waals surface area contributed by atoms with Crippen molar-refractivity contribution in [2.75, 3.05) is 0 Å². The maximum absolute atomic E-state index is 4.68. The second-order valence-electron chi connectivity index (χ2n) is 6.09. The normalized spacial score (nSPS) is 14.3. The topological polar surface area (TPSA) is 43.6 Å². The smallest absolute Gasteiger partial charge is 0.106 e. The predicted octanol–water partition coefficient (Wildman–Crippen LogP) is 4.58. The van der Waals surface area contributed by atoms with E-state index in [1.54, 1.807) is 6.20 Å². The molecule has 2 aromatic heterocycles. The molecule has 0 aliphatic heterocycles. The summed E-state index contributed by atoms with van der Waals surface area (Å²) in [5.41, 5.74) is 2.55. The first-order valence-electron chi connectivity index (χ1n) is 7.93.